The van der Waals surface area contributed by atoms with Gasteiger partial charge < -0.3 is 24.1 Å². The average Bonchev–Trinajstić information content (AvgIpc) is 3.44. The summed E-state index contributed by atoms with van der Waals surface area (Å²) in [4.78, 5) is 21.0. The minimum absolute atomic E-state index is 0.147. The summed E-state index contributed by atoms with van der Waals surface area (Å²) in [7, 11) is 1.77. The van der Waals surface area contributed by atoms with Crippen molar-refractivity contribution in [2.45, 2.75) is 57.6 Å². The zero-order valence-electron chi connectivity index (χ0n) is 19.5. The topological polar surface area (TPSA) is 54.9 Å². The van der Waals surface area contributed by atoms with Crippen LogP contribution in [0.4, 0.5) is 11.6 Å². The maximum absolute atomic E-state index is 11.4. The molecule has 0 bridgehead atoms. The first-order valence-corrected chi connectivity index (χ1v) is 11.8. The van der Waals surface area contributed by atoms with Crippen LogP contribution in [-0.2, 0) is 9.53 Å². The van der Waals surface area contributed by atoms with Crippen LogP contribution in [0.25, 0.3) is 0 Å². The highest BCUT2D eigenvalue weighted by Gasteiger charge is 2.28. The Morgan fingerprint density at radius 2 is 1.91 bits per heavy atom. The molecule has 0 aliphatic carbocycles. The number of pyridine rings is 1. The molecule has 6 nitrogen and oxygen atoms in total. The summed E-state index contributed by atoms with van der Waals surface area (Å²) in [6.07, 6.45) is 4.05. The predicted octanol–water partition coefficient (Wildman–Crippen LogP) is 4.44. The second-order valence-electron chi connectivity index (χ2n) is 9.15. The number of ether oxygens (including phenoxy) is 2. The highest BCUT2D eigenvalue weighted by atomic mass is 16.5. The van der Waals surface area contributed by atoms with Crippen LogP contribution in [0.2, 0.25) is 0 Å². The molecule has 0 N–H and O–H groups in total. The lowest BCUT2D eigenvalue weighted by molar-refractivity contribution is -0.117. The van der Waals surface area contributed by atoms with Crippen LogP contribution in [0.3, 0.4) is 0 Å². The first-order chi connectivity index (χ1) is 15.5. The average molecular weight is 438 g/mol. The highest BCUT2D eigenvalue weighted by Crippen LogP contribution is 2.29. The number of Topliss-reactive ketones (excluding diaryl/α,β-unsaturated/α-hetero) is 1. The molecule has 3 heterocycles. The van der Waals surface area contributed by atoms with Crippen molar-refractivity contribution < 1.29 is 14.3 Å². The van der Waals surface area contributed by atoms with Gasteiger partial charge in [-0.3, -0.25) is 0 Å². The molecule has 2 saturated heterocycles. The molecule has 4 rings (SSSR count). The maximum atomic E-state index is 11.4. The number of carbonyl (C=O) groups is 1. The van der Waals surface area contributed by atoms with Crippen LogP contribution >= 0.6 is 0 Å². The zero-order chi connectivity index (χ0) is 22.5. The van der Waals surface area contributed by atoms with Crippen LogP contribution in [0, 0.1) is 0 Å². The Hall–Kier alpha value is -2.60. The highest BCUT2D eigenvalue weighted by molar-refractivity contribution is 5.76. The van der Waals surface area contributed by atoms with Crippen LogP contribution in [0.1, 0.15) is 51.0 Å². The molecule has 2 fully saturated rings. The van der Waals surface area contributed by atoms with Crippen molar-refractivity contribution in [3.8, 4) is 5.75 Å². The summed E-state index contributed by atoms with van der Waals surface area (Å²) in [5, 5.41) is 0. The second-order valence-corrected chi connectivity index (χ2v) is 9.15. The molecular weight excluding hydrogens is 402 g/mol. The molecule has 0 saturated carbocycles. The van der Waals surface area contributed by atoms with Gasteiger partial charge in [-0.15, -0.1) is 0 Å². The summed E-state index contributed by atoms with van der Waals surface area (Å²) < 4.78 is 11.7. The number of ketones is 1. The zero-order valence-corrected chi connectivity index (χ0v) is 19.5. The molecule has 0 unspecified atom stereocenters. The van der Waals surface area contributed by atoms with Crippen LogP contribution < -0.4 is 14.5 Å². The fourth-order valence-corrected chi connectivity index (χ4v) is 4.90. The molecule has 0 radical (unpaired) electrons. The van der Waals surface area contributed by atoms with Gasteiger partial charge in [-0.2, -0.15) is 0 Å². The lowest BCUT2D eigenvalue weighted by atomic mass is 9.96. The molecule has 6 heteroatoms. The number of methoxy groups -OCH3 is 1. The Kier molecular flexibility index (Phi) is 7.30. The van der Waals surface area contributed by atoms with Crippen molar-refractivity contribution in [3.05, 3.63) is 48.0 Å². The first kappa shape index (κ1) is 22.6. The minimum atomic E-state index is 0.147. The van der Waals surface area contributed by atoms with Crippen LogP contribution in [0.5, 0.6) is 5.75 Å². The smallest absolute Gasteiger partial charge is 0.131 e. The number of carbonyl (C=O) groups excluding carboxylic acids is 1. The van der Waals surface area contributed by atoms with Gasteiger partial charge in [-0.05, 0) is 55.5 Å². The van der Waals surface area contributed by atoms with E-state index in [0.29, 0.717) is 12.5 Å². The first-order valence-electron chi connectivity index (χ1n) is 11.8. The van der Waals surface area contributed by atoms with Gasteiger partial charge in [0.2, 0.25) is 0 Å². The third kappa shape index (κ3) is 5.41. The number of anilines is 2. The Balaban J connectivity index is 1.35. The molecule has 1 aromatic heterocycles. The van der Waals surface area contributed by atoms with Gasteiger partial charge in [0, 0.05) is 33.0 Å². The van der Waals surface area contributed by atoms with E-state index in [2.05, 4.69) is 47.1 Å². The quantitative estimate of drug-likeness (QED) is 0.578. The third-order valence-electron chi connectivity index (χ3n) is 6.56. The molecule has 32 heavy (non-hydrogen) atoms. The van der Waals surface area contributed by atoms with E-state index in [0.717, 1.165) is 56.5 Å². The summed E-state index contributed by atoms with van der Waals surface area (Å²) >= 11 is 0. The SMILES string of the molecule is COC[C@@H]1CCCN1c1cccc(N2CC[C@@H](Oc3ccc([C@H](C)CC(C)=O)cc3)C2)n1. The number of hydrogen-bond donors (Lipinski definition) is 0. The summed E-state index contributed by atoms with van der Waals surface area (Å²) in [5.74, 6) is 3.41. The summed E-state index contributed by atoms with van der Waals surface area (Å²) in [6, 6.07) is 14.9. The fraction of sp³-hybridized carbons (Fsp3) is 0.538. The normalized spacial score (nSPS) is 21.7. The van der Waals surface area contributed by atoms with E-state index in [9.17, 15) is 4.79 Å². The monoisotopic (exact) mass is 437 g/mol. The number of hydrogen-bond acceptors (Lipinski definition) is 6. The third-order valence-corrected chi connectivity index (χ3v) is 6.56. The fourth-order valence-electron chi connectivity index (χ4n) is 4.90. The molecule has 172 valence electrons. The second kappa shape index (κ2) is 10.3. The van der Waals surface area contributed by atoms with Gasteiger partial charge in [0.1, 0.15) is 29.3 Å². The Bertz CT molecular complexity index is 901. The van der Waals surface area contributed by atoms with E-state index in [1.165, 1.54) is 12.0 Å². The van der Waals surface area contributed by atoms with Crippen molar-refractivity contribution in [1.82, 2.24) is 4.98 Å². The van der Waals surface area contributed by atoms with E-state index in [1.54, 1.807) is 14.0 Å². The van der Waals surface area contributed by atoms with Crippen molar-refractivity contribution in [3.63, 3.8) is 0 Å². The number of benzene rings is 1. The van der Waals surface area contributed by atoms with Gasteiger partial charge in [0.15, 0.2) is 0 Å². The Morgan fingerprint density at radius 1 is 1.12 bits per heavy atom. The molecule has 2 aliphatic heterocycles. The van der Waals surface area contributed by atoms with E-state index in [4.69, 9.17) is 14.5 Å². The minimum Gasteiger partial charge on any atom is -0.489 e. The molecule has 2 aliphatic rings. The summed E-state index contributed by atoms with van der Waals surface area (Å²) in [5.41, 5.74) is 1.18. The molecule has 2 aromatic rings. The Labute approximate surface area is 191 Å². The molecule has 0 spiro atoms. The van der Waals surface area contributed by atoms with Gasteiger partial charge in [-0.25, -0.2) is 4.98 Å². The Morgan fingerprint density at radius 3 is 2.66 bits per heavy atom. The van der Waals surface area contributed by atoms with Gasteiger partial charge in [0.25, 0.3) is 0 Å². The number of nitrogens with zero attached hydrogens (tertiary/aromatic N) is 3. The number of rotatable bonds is 9. The van der Waals surface area contributed by atoms with E-state index < -0.39 is 0 Å². The van der Waals surface area contributed by atoms with Crippen LogP contribution in [-0.4, -0.2) is 56.3 Å². The van der Waals surface area contributed by atoms with Crippen LogP contribution in [0.15, 0.2) is 42.5 Å². The van der Waals surface area contributed by atoms with Crippen molar-refractivity contribution >= 4 is 17.4 Å². The summed E-state index contributed by atoms with van der Waals surface area (Å²) in [6.45, 7) is 7.30. The standard InChI is InChI=1S/C26H35N3O3/c1-19(16-20(2)30)21-9-11-23(12-10-21)32-24-13-15-28(17-24)25-7-4-8-26(27-25)29-14-5-6-22(29)18-31-3/h4,7-12,19,22,24H,5-6,13-18H2,1-3H3/t19-,22+,24-/m1/s1. The van der Waals surface area contributed by atoms with Gasteiger partial charge >= 0.3 is 0 Å². The lowest BCUT2D eigenvalue weighted by Crippen LogP contribution is -2.34. The molecular formula is C26H35N3O3. The molecule has 1 aromatic carbocycles. The predicted molar refractivity (Wildman–Crippen MR) is 128 cm³/mol. The largest absolute Gasteiger partial charge is 0.489 e. The van der Waals surface area contributed by atoms with E-state index in [-0.39, 0.29) is 17.8 Å². The maximum Gasteiger partial charge on any atom is 0.131 e. The molecule has 0 amide bonds. The van der Waals surface area contributed by atoms with Crippen molar-refractivity contribution in [2.24, 2.45) is 0 Å². The number of aromatic nitrogens is 1. The lowest BCUT2D eigenvalue weighted by Gasteiger charge is -2.26. The van der Waals surface area contributed by atoms with Gasteiger partial charge in [0.05, 0.1) is 19.2 Å². The van der Waals surface area contributed by atoms with Gasteiger partial charge in [-0.1, -0.05) is 25.1 Å². The molecule has 3 atom stereocenters. The van der Waals surface area contributed by atoms with Crippen molar-refractivity contribution in [2.75, 3.05) is 43.2 Å². The van der Waals surface area contributed by atoms with E-state index >= 15 is 0 Å². The van der Waals surface area contributed by atoms with E-state index in [1.807, 2.05) is 12.1 Å². The van der Waals surface area contributed by atoms with Crippen molar-refractivity contribution in [1.29, 1.82) is 0 Å².